The molecule has 5 aromatic heterocycles. The maximum absolute atomic E-state index is 9.91. The van der Waals surface area contributed by atoms with E-state index >= 15 is 0 Å². The Morgan fingerprint density at radius 3 is 0.955 bits per heavy atom. The molecule has 2 aliphatic rings. The van der Waals surface area contributed by atoms with Crippen LogP contribution in [0.5, 0.6) is 11.5 Å². The van der Waals surface area contributed by atoms with Crippen molar-refractivity contribution in [2.75, 3.05) is 14.2 Å². The molecule has 0 amide bonds. The van der Waals surface area contributed by atoms with Gasteiger partial charge in [0.2, 0.25) is 0 Å². The summed E-state index contributed by atoms with van der Waals surface area (Å²) in [6.45, 7) is 55.3. The van der Waals surface area contributed by atoms with Crippen molar-refractivity contribution in [2.45, 2.75) is 159 Å². The average molecular weight is 1450 g/mol. The number of hydrogen-bond acceptors (Lipinski definition) is 5. The largest absolute Gasteiger partial charge is 0.497 e. The van der Waals surface area contributed by atoms with Gasteiger partial charge in [-0.3, -0.25) is 4.98 Å². The van der Waals surface area contributed by atoms with Crippen molar-refractivity contribution in [3.05, 3.63) is 301 Å². The Balaban J connectivity index is 0.000000129. The molecule has 2 fully saturated rings. The zero-order valence-corrected chi connectivity index (χ0v) is 65.6. The lowest BCUT2D eigenvalue weighted by Gasteiger charge is -2.27. The van der Waals surface area contributed by atoms with Crippen molar-refractivity contribution in [3.63, 3.8) is 0 Å². The van der Waals surface area contributed by atoms with Gasteiger partial charge in [-0.25, -0.2) is 19.4 Å². The van der Waals surface area contributed by atoms with Crippen LogP contribution in [-0.4, -0.2) is 59.9 Å². The van der Waals surface area contributed by atoms with E-state index in [-0.39, 0.29) is 12.2 Å². The minimum absolute atomic E-state index is 0.156. The quantitative estimate of drug-likeness (QED) is 0.133. The summed E-state index contributed by atoms with van der Waals surface area (Å²) < 4.78 is 19.8. The van der Waals surface area contributed by atoms with E-state index in [0.29, 0.717) is 23.5 Å². The highest BCUT2D eigenvalue weighted by molar-refractivity contribution is 6.04. The predicted molar refractivity (Wildman–Crippen MR) is 452 cm³/mol. The highest BCUT2D eigenvalue weighted by Gasteiger charge is 2.27. The second kappa shape index (κ2) is 32.3. The molecule has 13 heteroatoms. The summed E-state index contributed by atoms with van der Waals surface area (Å²) in [5.41, 5.74) is 33.0. The van der Waals surface area contributed by atoms with Crippen LogP contribution in [0.3, 0.4) is 0 Å². The number of aliphatic hydroxyl groups excluding tert-OH is 2. The number of pyridine rings is 1. The van der Waals surface area contributed by atoms with Crippen molar-refractivity contribution in [1.29, 1.82) is 0 Å². The van der Waals surface area contributed by atoms with Gasteiger partial charge in [0, 0.05) is 99.5 Å². The minimum atomic E-state index is -0.156. The molecule has 5 heterocycles. The molecule has 110 heavy (non-hydrogen) atoms. The molecule has 0 radical (unpaired) electrons. The second-order valence-electron chi connectivity index (χ2n) is 30.0. The van der Waals surface area contributed by atoms with E-state index < -0.39 is 0 Å². The summed E-state index contributed by atoms with van der Waals surface area (Å²) in [6.07, 6.45) is 19.8. The Hall–Kier alpha value is -12.2. The topological polar surface area (TPSA) is 109 Å². The molecular formula is C97H95N9O4. The Morgan fingerprint density at radius 1 is 0.327 bits per heavy atom. The van der Waals surface area contributed by atoms with Gasteiger partial charge in [-0.05, 0) is 337 Å². The van der Waals surface area contributed by atoms with Gasteiger partial charge in [0.15, 0.2) is 22.7 Å². The summed E-state index contributed by atoms with van der Waals surface area (Å²) in [6, 6.07) is 52.8. The lowest BCUT2D eigenvalue weighted by Crippen LogP contribution is -2.20. The number of aliphatic hydroxyl groups is 2. The fourth-order valence-corrected chi connectivity index (χ4v) is 16.1. The van der Waals surface area contributed by atoms with Crippen molar-refractivity contribution in [3.8, 4) is 67.4 Å². The zero-order chi connectivity index (χ0) is 77.9. The summed E-state index contributed by atoms with van der Waals surface area (Å²) in [7, 11) is 3.34. The molecule has 0 saturated heterocycles. The van der Waals surface area contributed by atoms with Gasteiger partial charge in [-0.15, -0.1) is 0 Å². The summed E-state index contributed by atoms with van der Waals surface area (Å²) in [5.74, 6) is 1.66. The number of nitrogens with zero attached hydrogens (tertiary/aromatic N) is 9. The van der Waals surface area contributed by atoms with Crippen LogP contribution in [0.1, 0.15) is 130 Å². The second-order valence-corrected chi connectivity index (χ2v) is 30.0. The molecule has 2 aliphatic carbocycles. The third-order valence-electron chi connectivity index (χ3n) is 23.3. The van der Waals surface area contributed by atoms with Crippen LogP contribution in [0.4, 0.5) is 22.7 Å². The molecule has 0 atom stereocenters. The monoisotopic (exact) mass is 1450 g/mol. The summed E-state index contributed by atoms with van der Waals surface area (Å²) in [5, 5.41) is 24.3. The first-order valence-corrected chi connectivity index (χ1v) is 37.9. The van der Waals surface area contributed by atoms with Crippen LogP contribution < -0.4 is 9.47 Å². The Kier molecular flexibility index (Phi) is 22.3. The molecule has 13 nitrogen and oxygen atoms in total. The van der Waals surface area contributed by atoms with Gasteiger partial charge in [0.1, 0.15) is 11.5 Å². The lowest BCUT2D eigenvalue weighted by molar-refractivity contribution is 0.111. The van der Waals surface area contributed by atoms with Crippen LogP contribution in [-0.2, 0) is 0 Å². The van der Waals surface area contributed by atoms with Gasteiger partial charge in [-0.1, -0.05) is 54.6 Å². The molecule has 16 rings (SSSR count). The van der Waals surface area contributed by atoms with E-state index in [9.17, 15) is 10.2 Å². The fraction of sp³-hybridized carbons (Fsp3) is 0.268. The first-order chi connectivity index (χ1) is 53.0. The Bertz CT molecular complexity index is 5650. The molecular weight excluding hydrogens is 1360 g/mol. The van der Waals surface area contributed by atoms with Crippen LogP contribution in [0, 0.1) is 109 Å². The van der Waals surface area contributed by atoms with Crippen LogP contribution in [0.15, 0.2) is 189 Å². The van der Waals surface area contributed by atoms with Crippen molar-refractivity contribution < 1.29 is 19.7 Å². The van der Waals surface area contributed by atoms with E-state index in [2.05, 4.69) is 226 Å². The van der Waals surface area contributed by atoms with E-state index in [1.165, 1.54) is 77.8 Å². The smallest absolute Gasteiger partial charge is 0.190 e. The number of aromatic nitrogens is 5. The van der Waals surface area contributed by atoms with Gasteiger partial charge in [0.05, 0.1) is 63.7 Å². The standard InChI is InChI=1S/C25H22N2O.C24H21N3O.2C24H26N2O/c1-16-7-6-8-21(18(16)3)23-15-27(19-9-11-20(28-5)12-10-19)25-13-17(2)24(26-4)14-22(23)25;1-15-10-24-20(11-23(15)25-4)22(21-13-26-12-16(2)17(21)3)14-27(24)18-6-8-19(28-5)9-7-18;2*1-15-6-5-7-20(17(15)3)22-14-26(18-8-10-19(27)11-9-18)24-12-16(2)23(25-4)13-21(22)24/h6-15H,1-3,5H3;6-14H,1-3,5H3;2*5-7,12-14,18-19,27H,8-11H2,1-3H3. The summed E-state index contributed by atoms with van der Waals surface area (Å²) >= 11 is 0. The SMILES string of the molecule is [C-]#[N+]c1cc2c(-c3cccc(C)c3C)cn(-c3ccc(OC)cc3)c2cc1C.[C-]#[N+]c1cc2c(-c3cccc(C)c3C)cn(C3CCC(O)CC3)c2cc1C.[C-]#[N+]c1cc2c(-c3cccc(C)c3C)cn(C3CCC(O)CC3)c2cc1C.[C-]#[N+]c1cc2c(-c3cncc(C)c3C)cn(-c3ccc(OC)cc3)c2cc1C. The lowest BCUT2D eigenvalue weighted by atomic mass is 9.93. The highest BCUT2D eigenvalue weighted by Crippen LogP contribution is 2.46. The van der Waals surface area contributed by atoms with E-state index in [1.807, 2.05) is 88.6 Å². The predicted octanol–water partition coefficient (Wildman–Crippen LogP) is 25.5. The zero-order valence-electron chi connectivity index (χ0n) is 65.6. The molecule has 9 aromatic carbocycles. The average Bonchev–Trinajstić information content (AvgIpc) is 1.62. The first kappa shape index (κ1) is 76.0. The molecule has 2 N–H and O–H groups in total. The number of hydrogen-bond donors (Lipinski definition) is 2. The fourth-order valence-electron chi connectivity index (χ4n) is 16.1. The van der Waals surface area contributed by atoms with E-state index in [1.54, 1.807) is 14.2 Å². The third-order valence-corrected chi connectivity index (χ3v) is 23.3. The van der Waals surface area contributed by atoms with E-state index in [4.69, 9.17) is 35.8 Å². The first-order valence-electron chi connectivity index (χ1n) is 37.9. The highest BCUT2D eigenvalue weighted by atomic mass is 16.5. The molecule has 0 unspecified atom stereocenters. The van der Waals surface area contributed by atoms with Crippen molar-refractivity contribution >= 4 is 66.4 Å². The normalized spacial score (nSPS) is 15.3. The van der Waals surface area contributed by atoms with Gasteiger partial charge in [-0.2, -0.15) is 0 Å². The molecule has 552 valence electrons. The molecule has 2 saturated carbocycles. The maximum Gasteiger partial charge on any atom is 0.190 e. The number of rotatable bonds is 10. The van der Waals surface area contributed by atoms with Crippen LogP contribution in [0.25, 0.3) is 119 Å². The molecule has 0 bridgehead atoms. The third kappa shape index (κ3) is 15.0. The molecule has 0 spiro atoms. The van der Waals surface area contributed by atoms with Crippen LogP contribution >= 0.6 is 0 Å². The van der Waals surface area contributed by atoms with Gasteiger partial charge in [0.25, 0.3) is 0 Å². The summed E-state index contributed by atoms with van der Waals surface area (Å²) in [4.78, 5) is 19.3. The van der Waals surface area contributed by atoms with Gasteiger partial charge >= 0.3 is 0 Å². The van der Waals surface area contributed by atoms with Crippen LogP contribution in [0.2, 0.25) is 0 Å². The number of ether oxygens (including phenoxy) is 2. The number of fused-ring (bicyclic) bond motifs is 4. The maximum atomic E-state index is 9.91. The molecule has 14 aromatic rings. The van der Waals surface area contributed by atoms with E-state index in [0.717, 1.165) is 163 Å². The number of methoxy groups -OCH3 is 2. The Morgan fingerprint density at radius 2 is 0.627 bits per heavy atom. The van der Waals surface area contributed by atoms with Gasteiger partial charge < -0.3 is 38.0 Å². The van der Waals surface area contributed by atoms with Crippen molar-refractivity contribution in [2.24, 2.45) is 0 Å². The molecule has 0 aliphatic heterocycles. The van der Waals surface area contributed by atoms with Crippen molar-refractivity contribution in [1.82, 2.24) is 23.3 Å². The minimum Gasteiger partial charge on any atom is -0.497 e. The number of aryl methyl sites for hydroxylation is 8. The number of benzene rings is 9. The Labute approximate surface area is 647 Å².